The molecule has 2 unspecified atom stereocenters. The summed E-state index contributed by atoms with van der Waals surface area (Å²) in [4.78, 5) is 15.0. The van der Waals surface area contributed by atoms with Gasteiger partial charge in [-0.25, -0.2) is 0 Å². The van der Waals surface area contributed by atoms with Crippen molar-refractivity contribution in [3.05, 3.63) is 65.2 Å². The lowest BCUT2D eigenvalue weighted by Gasteiger charge is -2.39. The molecule has 2 heterocycles. The van der Waals surface area contributed by atoms with Crippen LogP contribution in [0.3, 0.4) is 0 Å². The fourth-order valence-electron chi connectivity index (χ4n) is 4.27. The molecule has 2 aromatic carbocycles. The van der Waals surface area contributed by atoms with Crippen molar-refractivity contribution in [1.82, 2.24) is 5.32 Å². The third kappa shape index (κ3) is 3.53. The molecule has 142 valence electrons. The average molecular weight is 374 g/mol. The minimum absolute atomic E-state index is 0.0602. The van der Waals surface area contributed by atoms with Crippen LogP contribution in [0, 0.1) is 5.92 Å². The number of anilines is 1. The number of hydrogen-bond acceptors (Lipinski definition) is 2. The molecular formula is C21H21F3N2O. The summed E-state index contributed by atoms with van der Waals surface area (Å²) in [5, 5.41) is 2.97. The molecule has 0 bridgehead atoms. The van der Waals surface area contributed by atoms with E-state index < -0.39 is 11.7 Å². The number of carbonyl (C=O) groups is 1. The Bertz CT molecular complexity index is 835. The number of nitrogens with one attached hydrogen (secondary N) is 1. The van der Waals surface area contributed by atoms with E-state index in [1.54, 1.807) is 6.07 Å². The largest absolute Gasteiger partial charge is 0.416 e. The molecule has 27 heavy (non-hydrogen) atoms. The van der Waals surface area contributed by atoms with Crippen molar-refractivity contribution in [3.63, 3.8) is 0 Å². The number of benzene rings is 2. The Morgan fingerprint density at radius 2 is 1.93 bits per heavy atom. The zero-order chi connectivity index (χ0) is 19.0. The second-order valence-corrected chi connectivity index (χ2v) is 7.26. The molecular weight excluding hydrogens is 353 g/mol. The molecule has 2 aliphatic heterocycles. The van der Waals surface area contributed by atoms with Gasteiger partial charge in [-0.1, -0.05) is 30.3 Å². The van der Waals surface area contributed by atoms with E-state index in [4.69, 9.17) is 0 Å². The van der Waals surface area contributed by atoms with Gasteiger partial charge < -0.3 is 10.2 Å². The summed E-state index contributed by atoms with van der Waals surface area (Å²) in [7, 11) is 0. The van der Waals surface area contributed by atoms with E-state index in [-0.39, 0.29) is 17.9 Å². The molecule has 6 heteroatoms. The summed E-state index contributed by atoms with van der Waals surface area (Å²) >= 11 is 0. The number of rotatable bonds is 3. The van der Waals surface area contributed by atoms with Gasteiger partial charge in [-0.05, 0) is 48.6 Å². The highest BCUT2D eigenvalue weighted by atomic mass is 19.4. The molecule has 2 aliphatic rings. The van der Waals surface area contributed by atoms with E-state index in [9.17, 15) is 18.0 Å². The average Bonchev–Trinajstić information content (AvgIpc) is 3.15. The van der Waals surface area contributed by atoms with Crippen molar-refractivity contribution >= 4 is 11.6 Å². The van der Waals surface area contributed by atoms with Gasteiger partial charge in [0.25, 0.3) is 0 Å². The van der Waals surface area contributed by atoms with E-state index in [0.717, 1.165) is 36.7 Å². The van der Waals surface area contributed by atoms with Crippen LogP contribution in [0.1, 0.15) is 29.5 Å². The predicted molar refractivity (Wildman–Crippen MR) is 97.3 cm³/mol. The lowest BCUT2D eigenvalue weighted by atomic mass is 9.84. The van der Waals surface area contributed by atoms with Gasteiger partial charge >= 0.3 is 6.18 Å². The van der Waals surface area contributed by atoms with E-state index in [0.29, 0.717) is 18.5 Å². The Kier molecular flexibility index (Phi) is 4.58. The Balaban J connectivity index is 1.56. The predicted octanol–water partition coefficient (Wildman–Crippen LogP) is 4.16. The van der Waals surface area contributed by atoms with Crippen LogP contribution >= 0.6 is 0 Å². The summed E-state index contributed by atoms with van der Waals surface area (Å²) in [6, 6.07) is 13.6. The SMILES string of the molecule is O=C(NCc1ccccc1)C1Cc2cc(C(F)(F)F)ccc2N2CCCC12. The fraction of sp³-hybridized carbons (Fsp3) is 0.381. The van der Waals surface area contributed by atoms with Crippen LogP contribution in [0.4, 0.5) is 18.9 Å². The first-order valence-corrected chi connectivity index (χ1v) is 9.22. The Morgan fingerprint density at radius 3 is 2.67 bits per heavy atom. The number of carbonyl (C=O) groups excluding carboxylic acids is 1. The Labute approximate surface area is 156 Å². The quantitative estimate of drug-likeness (QED) is 0.875. The standard InChI is InChI=1S/C21H21F3N2O/c22-21(23,24)16-8-9-18-15(11-16)12-17(19-7-4-10-26(18)19)20(27)25-13-14-5-2-1-3-6-14/h1-3,5-6,8-9,11,17,19H,4,7,10,12-13H2,(H,25,27). The zero-order valence-corrected chi connectivity index (χ0v) is 14.8. The van der Waals surface area contributed by atoms with Gasteiger partial charge in [-0.15, -0.1) is 0 Å². The van der Waals surface area contributed by atoms with Gasteiger partial charge in [-0.2, -0.15) is 13.2 Å². The molecule has 3 nitrogen and oxygen atoms in total. The minimum Gasteiger partial charge on any atom is -0.368 e. The van der Waals surface area contributed by atoms with Crippen LogP contribution in [0.15, 0.2) is 48.5 Å². The first kappa shape index (κ1) is 17.9. The lowest BCUT2D eigenvalue weighted by Crippen LogP contribution is -2.48. The van der Waals surface area contributed by atoms with E-state index in [2.05, 4.69) is 10.2 Å². The molecule has 1 N–H and O–H groups in total. The van der Waals surface area contributed by atoms with Crippen molar-refractivity contribution in [2.75, 3.05) is 11.4 Å². The van der Waals surface area contributed by atoms with Gasteiger partial charge in [0, 0.05) is 24.8 Å². The molecule has 0 spiro atoms. The zero-order valence-electron chi connectivity index (χ0n) is 14.8. The van der Waals surface area contributed by atoms with Gasteiger partial charge in [0.15, 0.2) is 0 Å². The monoisotopic (exact) mass is 374 g/mol. The number of fused-ring (bicyclic) bond motifs is 3. The van der Waals surface area contributed by atoms with E-state index in [1.165, 1.54) is 6.07 Å². The highest BCUT2D eigenvalue weighted by Gasteiger charge is 2.42. The second-order valence-electron chi connectivity index (χ2n) is 7.26. The van der Waals surface area contributed by atoms with Crippen molar-refractivity contribution in [2.24, 2.45) is 5.92 Å². The molecule has 2 aromatic rings. The van der Waals surface area contributed by atoms with E-state index in [1.807, 2.05) is 30.3 Å². The van der Waals surface area contributed by atoms with Crippen LogP contribution in [-0.4, -0.2) is 18.5 Å². The summed E-state index contributed by atoms with van der Waals surface area (Å²) < 4.78 is 39.3. The summed E-state index contributed by atoms with van der Waals surface area (Å²) in [6.07, 6.45) is -2.18. The molecule has 4 rings (SSSR count). The minimum atomic E-state index is -4.37. The first-order chi connectivity index (χ1) is 12.9. The number of halogens is 3. The number of nitrogens with zero attached hydrogens (tertiary/aromatic N) is 1. The fourth-order valence-corrected chi connectivity index (χ4v) is 4.27. The maximum Gasteiger partial charge on any atom is 0.416 e. The number of alkyl halides is 3. The van der Waals surface area contributed by atoms with Crippen molar-refractivity contribution in [2.45, 2.75) is 38.0 Å². The van der Waals surface area contributed by atoms with Crippen LogP contribution in [0.5, 0.6) is 0 Å². The molecule has 1 saturated heterocycles. The summed E-state index contributed by atoms with van der Waals surface area (Å²) in [5.74, 6) is -0.411. The Hall–Kier alpha value is -2.50. The molecule has 1 fully saturated rings. The van der Waals surface area contributed by atoms with Crippen LogP contribution in [-0.2, 0) is 23.9 Å². The maximum atomic E-state index is 13.1. The smallest absolute Gasteiger partial charge is 0.368 e. The Morgan fingerprint density at radius 1 is 1.15 bits per heavy atom. The van der Waals surface area contributed by atoms with Gasteiger partial charge in [0.05, 0.1) is 11.5 Å². The van der Waals surface area contributed by atoms with Gasteiger partial charge in [-0.3, -0.25) is 4.79 Å². The maximum absolute atomic E-state index is 13.1. The molecule has 2 atom stereocenters. The highest BCUT2D eigenvalue weighted by Crippen LogP contribution is 2.41. The molecule has 0 radical (unpaired) electrons. The summed E-state index contributed by atoms with van der Waals surface area (Å²) in [5.41, 5.74) is 1.81. The highest BCUT2D eigenvalue weighted by molar-refractivity contribution is 5.82. The summed E-state index contributed by atoms with van der Waals surface area (Å²) in [6.45, 7) is 1.21. The first-order valence-electron chi connectivity index (χ1n) is 9.22. The van der Waals surface area contributed by atoms with Crippen molar-refractivity contribution in [1.29, 1.82) is 0 Å². The van der Waals surface area contributed by atoms with Crippen LogP contribution in [0.2, 0.25) is 0 Å². The van der Waals surface area contributed by atoms with Crippen molar-refractivity contribution < 1.29 is 18.0 Å². The van der Waals surface area contributed by atoms with Gasteiger partial charge in [0.2, 0.25) is 5.91 Å². The normalized spacial score (nSPS) is 21.5. The third-order valence-electron chi connectivity index (χ3n) is 5.57. The molecule has 0 aromatic heterocycles. The third-order valence-corrected chi connectivity index (χ3v) is 5.57. The van der Waals surface area contributed by atoms with Crippen molar-refractivity contribution in [3.8, 4) is 0 Å². The van der Waals surface area contributed by atoms with E-state index >= 15 is 0 Å². The number of hydrogen-bond donors (Lipinski definition) is 1. The molecule has 0 aliphatic carbocycles. The van der Waals surface area contributed by atoms with Gasteiger partial charge in [0.1, 0.15) is 0 Å². The lowest BCUT2D eigenvalue weighted by molar-refractivity contribution is -0.137. The molecule has 1 amide bonds. The van der Waals surface area contributed by atoms with Crippen LogP contribution in [0.25, 0.3) is 0 Å². The second kappa shape index (κ2) is 6.91. The number of amides is 1. The topological polar surface area (TPSA) is 32.3 Å². The molecule has 0 saturated carbocycles. The van der Waals surface area contributed by atoms with Crippen LogP contribution < -0.4 is 10.2 Å².